The second-order valence-corrected chi connectivity index (χ2v) is 4.63. The van der Waals surface area contributed by atoms with E-state index in [2.05, 4.69) is 29.1 Å². The molecule has 0 bridgehead atoms. The van der Waals surface area contributed by atoms with Crippen LogP contribution in [0.15, 0.2) is 30.6 Å². The molecule has 19 heavy (non-hydrogen) atoms. The van der Waals surface area contributed by atoms with Crippen molar-refractivity contribution in [1.29, 1.82) is 0 Å². The van der Waals surface area contributed by atoms with Crippen LogP contribution in [-0.2, 0) is 24.2 Å². The number of carbonyl (C=O) groups excluding carboxylic acids is 1. The highest BCUT2D eigenvalue weighted by Crippen LogP contribution is 2.10. The fourth-order valence-corrected chi connectivity index (χ4v) is 2.12. The lowest BCUT2D eigenvalue weighted by Gasteiger charge is -2.05. The molecule has 0 atom stereocenters. The number of hydrogen-bond acceptors (Lipinski definition) is 3. The van der Waals surface area contributed by atoms with Gasteiger partial charge in [0, 0.05) is 13.0 Å². The fourth-order valence-electron chi connectivity index (χ4n) is 2.12. The number of hydrogen-bond donors (Lipinski definition) is 0. The summed E-state index contributed by atoms with van der Waals surface area (Å²) >= 11 is 0. The highest BCUT2D eigenvalue weighted by Gasteiger charge is 2.10. The first-order chi connectivity index (χ1) is 9.20. The van der Waals surface area contributed by atoms with Gasteiger partial charge in [-0.25, -0.2) is 9.67 Å². The first-order valence-corrected chi connectivity index (χ1v) is 6.63. The first kappa shape index (κ1) is 13.5. The molecule has 1 heterocycles. The van der Waals surface area contributed by atoms with Crippen molar-refractivity contribution in [1.82, 2.24) is 14.8 Å². The fraction of sp³-hybridized carbons (Fsp3) is 0.400. The number of rotatable bonds is 6. The van der Waals surface area contributed by atoms with E-state index >= 15 is 0 Å². The van der Waals surface area contributed by atoms with Gasteiger partial charge in [-0.2, -0.15) is 5.10 Å². The second kappa shape index (κ2) is 6.27. The van der Waals surface area contributed by atoms with Crippen LogP contribution in [0.3, 0.4) is 0 Å². The van der Waals surface area contributed by atoms with Gasteiger partial charge in [-0.15, -0.1) is 0 Å². The lowest BCUT2D eigenvalue weighted by molar-refractivity contribution is -0.118. The van der Waals surface area contributed by atoms with Gasteiger partial charge in [0.2, 0.25) is 0 Å². The molecule has 1 aromatic heterocycles. The minimum atomic E-state index is 0.214. The molecule has 0 fully saturated rings. The van der Waals surface area contributed by atoms with Crippen molar-refractivity contribution < 1.29 is 4.79 Å². The van der Waals surface area contributed by atoms with Crippen LogP contribution in [-0.4, -0.2) is 20.5 Å². The molecule has 4 heteroatoms. The Morgan fingerprint density at radius 3 is 2.84 bits per heavy atom. The summed E-state index contributed by atoms with van der Waals surface area (Å²) in [6, 6.07) is 8.19. The Hall–Kier alpha value is -1.97. The van der Waals surface area contributed by atoms with Crippen molar-refractivity contribution in [2.24, 2.45) is 0 Å². The van der Waals surface area contributed by atoms with Crippen molar-refractivity contribution >= 4 is 5.78 Å². The molecule has 0 saturated heterocycles. The molecule has 100 valence electrons. The van der Waals surface area contributed by atoms with Crippen LogP contribution in [0.4, 0.5) is 0 Å². The van der Waals surface area contributed by atoms with Crippen molar-refractivity contribution in [3.05, 3.63) is 47.5 Å². The molecular weight excluding hydrogens is 238 g/mol. The van der Waals surface area contributed by atoms with E-state index < -0.39 is 0 Å². The van der Waals surface area contributed by atoms with Gasteiger partial charge >= 0.3 is 0 Å². The van der Waals surface area contributed by atoms with Gasteiger partial charge in [0.05, 0.1) is 6.42 Å². The lowest BCUT2D eigenvalue weighted by atomic mass is 10.0. The Kier molecular flexibility index (Phi) is 4.44. The molecule has 0 N–H and O–H groups in total. The van der Waals surface area contributed by atoms with Crippen molar-refractivity contribution in [2.75, 3.05) is 0 Å². The number of carbonyl (C=O) groups is 1. The summed E-state index contributed by atoms with van der Waals surface area (Å²) < 4.78 is 1.77. The van der Waals surface area contributed by atoms with Crippen LogP contribution in [0, 0.1) is 6.92 Å². The van der Waals surface area contributed by atoms with E-state index in [4.69, 9.17) is 0 Å². The maximum Gasteiger partial charge on any atom is 0.140 e. The minimum absolute atomic E-state index is 0.214. The highest BCUT2D eigenvalue weighted by atomic mass is 16.1. The van der Waals surface area contributed by atoms with Gasteiger partial charge in [0.1, 0.15) is 17.9 Å². The van der Waals surface area contributed by atoms with Crippen LogP contribution in [0.2, 0.25) is 0 Å². The Morgan fingerprint density at radius 2 is 2.11 bits per heavy atom. The predicted molar refractivity (Wildman–Crippen MR) is 73.9 cm³/mol. The third-order valence-corrected chi connectivity index (χ3v) is 3.28. The molecule has 0 amide bonds. The molecule has 2 aromatic rings. The third kappa shape index (κ3) is 3.50. The normalized spacial score (nSPS) is 10.6. The van der Waals surface area contributed by atoms with E-state index in [9.17, 15) is 4.79 Å². The van der Waals surface area contributed by atoms with E-state index in [-0.39, 0.29) is 5.78 Å². The number of nitrogens with zero attached hydrogens (tertiary/aromatic N) is 3. The van der Waals surface area contributed by atoms with E-state index in [1.165, 1.54) is 17.5 Å². The number of Topliss-reactive ketones (excluding diaryl/α,β-unsaturated/α-hetero) is 1. The van der Waals surface area contributed by atoms with Gasteiger partial charge in [0.15, 0.2) is 0 Å². The predicted octanol–water partition coefficient (Wildman–Crippen LogP) is 2.35. The molecule has 2 rings (SSSR count). The maximum absolute atomic E-state index is 12.0. The first-order valence-electron chi connectivity index (χ1n) is 6.63. The summed E-state index contributed by atoms with van der Waals surface area (Å²) in [5.41, 5.74) is 2.49. The largest absolute Gasteiger partial charge is 0.299 e. The zero-order valence-electron chi connectivity index (χ0n) is 11.5. The molecular formula is C15H19N3O. The Bertz CT molecular complexity index is 560. The number of aromatic nitrogens is 3. The topological polar surface area (TPSA) is 47.8 Å². The zero-order chi connectivity index (χ0) is 13.7. The van der Waals surface area contributed by atoms with Crippen molar-refractivity contribution in [3.63, 3.8) is 0 Å². The van der Waals surface area contributed by atoms with Crippen LogP contribution in [0.25, 0.3) is 0 Å². The molecule has 4 nitrogen and oxygen atoms in total. The Balaban J connectivity index is 1.90. The number of ketones is 1. The summed E-state index contributed by atoms with van der Waals surface area (Å²) in [5, 5.41) is 4.07. The van der Waals surface area contributed by atoms with Gasteiger partial charge < -0.3 is 0 Å². The molecule has 0 aliphatic heterocycles. The Labute approximate surface area is 113 Å². The van der Waals surface area contributed by atoms with E-state index in [0.29, 0.717) is 12.8 Å². The summed E-state index contributed by atoms with van der Waals surface area (Å²) in [5.74, 6) is 0.975. The summed E-state index contributed by atoms with van der Waals surface area (Å²) in [6.45, 7) is 4.82. The lowest BCUT2D eigenvalue weighted by Crippen LogP contribution is -2.11. The van der Waals surface area contributed by atoms with E-state index in [1.54, 1.807) is 4.68 Å². The van der Waals surface area contributed by atoms with Gasteiger partial charge in [-0.1, -0.05) is 24.3 Å². The zero-order valence-corrected chi connectivity index (χ0v) is 11.5. The van der Waals surface area contributed by atoms with Crippen LogP contribution in [0.5, 0.6) is 0 Å². The van der Waals surface area contributed by atoms with Crippen LogP contribution in [0.1, 0.15) is 30.3 Å². The maximum atomic E-state index is 12.0. The van der Waals surface area contributed by atoms with Gasteiger partial charge in [-0.3, -0.25) is 4.79 Å². The number of aryl methyl sites for hydroxylation is 3. The van der Waals surface area contributed by atoms with Gasteiger partial charge in [-0.05, 0) is 31.4 Å². The average molecular weight is 257 g/mol. The van der Waals surface area contributed by atoms with E-state index in [1.807, 2.05) is 19.1 Å². The molecule has 0 saturated carbocycles. The molecule has 0 aliphatic carbocycles. The highest BCUT2D eigenvalue weighted by molar-refractivity contribution is 5.80. The third-order valence-electron chi connectivity index (χ3n) is 3.28. The SMILES string of the molecule is CCn1ncnc1CC(=O)CCc1ccccc1C. The molecule has 0 unspecified atom stereocenters. The summed E-state index contributed by atoms with van der Waals surface area (Å²) in [6.07, 6.45) is 3.24. The minimum Gasteiger partial charge on any atom is -0.299 e. The monoisotopic (exact) mass is 257 g/mol. The van der Waals surface area contributed by atoms with Crippen molar-refractivity contribution in [2.45, 2.75) is 39.7 Å². The quantitative estimate of drug-likeness (QED) is 0.798. The Morgan fingerprint density at radius 1 is 1.32 bits per heavy atom. The van der Waals surface area contributed by atoms with Crippen LogP contribution >= 0.6 is 0 Å². The van der Waals surface area contributed by atoms with E-state index in [0.717, 1.165) is 18.8 Å². The summed E-state index contributed by atoms with van der Waals surface area (Å²) in [4.78, 5) is 16.1. The molecule has 0 radical (unpaired) electrons. The smallest absolute Gasteiger partial charge is 0.140 e. The average Bonchev–Trinajstić information content (AvgIpc) is 2.85. The summed E-state index contributed by atoms with van der Waals surface area (Å²) in [7, 11) is 0. The molecule has 1 aromatic carbocycles. The second-order valence-electron chi connectivity index (χ2n) is 4.63. The van der Waals surface area contributed by atoms with Gasteiger partial charge in [0.25, 0.3) is 0 Å². The molecule has 0 aliphatic rings. The molecule has 0 spiro atoms. The van der Waals surface area contributed by atoms with Crippen molar-refractivity contribution in [3.8, 4) is 0 Å². The van der Waals surface area contributed by atoms with Crippen LogP contribution < -0.4 is 0 Å². The standard InChI is InChI=1S/C15H19N3O/c1-3-18-15(16-11-17-18)10-14(19)9-8-13-7-5-4-6-12(13)2/h4-7,11H,3,8-10H2,1-2H3. The number of benzene rings is 1.